The number of ether oxygens (including phenoxy) is 1. The van der Waals surface area contributed by atoms with Crippen molar-refractivity contribution in [1.82, 2.24) is 9.47 Å². The summed E-state index contributed by atoms with van der Waals surface area (Å²) in [7, 11) is 1.62. The number of methoxy groups -OCH3 is 1. The minimum Gasteiger partial charge on any atom is -0.383 e. The molecule has 0 unspecified atom stereocenters. The van der Waals surface area contributed by atoms with Crippen molar-refractivity contribution in [3.05, 3.63) is 54.1 Å². The Morgan fingerprint density at radius 1 is 1.36 bits per heavy atom. The molecule has 1 amide bonds. The van der Waals surface area contributed by atoms with Crippen molar-refractivity contribution in [1.29, 1.82) is 0 Å². The Kier molecular flexibility index (Phi) is 4.49. The van der Waals surface area contributed by atoms with Gasteiger partial charge in [-0.3, -0.25) is 4.79 Å². The smallest absolute Gasteiger partial charge is 0.233 e. The van der Waals surface area contributed by atoms with E-state index in [0.29, 0.717) is 24.6 Å². The number of benzene rings is 1. The number of halogens is 1. The molecule has 0 radical (unpaired) electrons. The molecule has 6 heteroatoms. The number of nitrogens with zero attached hydrogens (tertiary/aromatic N) is 2. The Morgan fingerprint density at radius 3 is 2.95 bits per heavy atom. The van der Waals surface area contributed by atoms with Gasteiger partial charge in [-0.25, -0.2) is 4.39 Å². The first-order valence-electron chi connectivity index (χ1n) is 7.03. The number of rotatable bonds is 5. The van der Waals surface area contributed by atoms with Crippen LogP contribution in [0.2, 0.25) is 0 Å². The molecule has 1 atom stereocenters. The fraction of sp³-hybridized carbons (Fsp3) is 0.312. The SMILES string of the molecule is COCCN1C(=O)CS[C@@H]1c1ccn(-c2ccccc2F)c1. The molecule has 1 saturated heterocycles. The molecule has 2 aromatic rings. The van der Waals surface area contributed by atoms with E-state index in [4.69, 9.17) is 4.74 Å². The molecule has 1 aliphatic heterocycles. The predicted molar refractivity (Wildman–Crippen MR) is 84.5 cm³/mol. The maximum atomic E-state index is 13.9. The molecular formula is C16H17FN2O2S. The monoisotopic (exact) mass is 320 g/mol. The van der Waals surface area contributed by atoms with Crippen LogP contribution in [0.25, 0.3) is 5.69 Å². The highest BCUT2D eigenvalue weighted by atomic mass is 32.2. The van der Waals surface area contributed by atoms with Gasteiger partial charge >= 0.3 is 0 Å². The highest BCUT2D eigenvalue weighted by Gasteiger charge is 2.32. The number of thioether (sulfide) groups is 1. The molecule has 2 heterocycles. The molecule has 1 aliphatic rings. The number of aromatic nitrogens is 1. The minimum absolute atomic E-state index is 0.0318. The zero-order valence-electron chi connectivity index (χ0n) is 12.2. The van der Waals surface area contributed by atoms with Gasteiger partial charge in [-0.1, -0.05) is 12.1 Å². The normalized spacial score (nSPS) is 18.2. The molecule has 0 N–H and O–H groups in total. The number of carbonyl (C=O) groups excluding carboxylic acids is 1. The first kappa shape index (κ1) is 15.1. The van der Waals surface area contributed by atoms with Gasteiger partial charge in [0.15, 0.2) is 0 Å². The number of carbonyl (C=O) groups is 1. The van der Waals surface area contributed by atoms with Gasteiger partial charge < -0.3 is 14.2 Å². The predicted octanol–water partition coefficient (Wildman–Crippen LogP) is 2.84. The van der Waals surface area contributed by atoms with E-state index < -0.39 is 0 Å². The van der Waals surface area contributed by atoms with Crippen LogP contribution in [0, 0.1) is 5.82 Å². The average molecular weight is 320 g/mol. The molecule has 3 rings (SSSR count). The summed E-state index contributed by atoms with van der Waals surface area (Å²) in [5.41, 5.74) is 1.50. The van der Waals surface area contributed by atoms with E-state index in [0.717, 1.165) is 5.56 Å². The molecule has 0 saturated carbocycles. The maximum Gasteiger partial charge on any atom is 0.233 e. The van der Waals surface area contributed by atoms with Crippen molar-refractivity contribution in [2.45, 2.75) is 5.37 Å². The third kappa shape index (κ3) is 2.89. The molecule has 0 aliphatic carbocycles. The number of para-hydroxylation sites is 1. The fourth-order valence-electron chi connectivity index (χ4n) is 2.53. The number of hydrogen-bond acceptors (Lipinski definition) is 3. The van der Waals surface area contributed by atoms with Crippen LogP contribution in [0.5, 0.6) is 0 Å². The quantitative estimate of drug-likeness (QED) is 0.849. The molecule has 1 aromatic heterocycles. The van der Waals surface area contributed by atoms with Crippen LogP contribution in [0.4, 0.5) is 4.39 Å². The lowest BCUT2D eigenvalue weighted by molar-refractivity contribution is -0.128. The second-order valence-electron chi connectivity index (χ2n) is 5.05. The van der Waals surface area contributed by atoms with Gasteiger partial charge in [-0.15, -0.1) is 11.8 Å². The van der Waals surface area contributed by atoms with Crippen molar-refractivity contribution < 1.29 is 13.9 Å². The van der Waals surface area contributed by atoms with Crippen molar-refractivity contribution in [2.24, 2.45) is 0 Å². The molecular weight excluding hydrogens is 303 g/mol. The summed E-state index contributed by atoms with van der Waals surface area (Å²) in [4.78, 5) is 13.8. The summed E-state index contributed by atoms with van der Waals surface area (Å²) in [6.07, 6.45) is 3.71. The van der Waals surface area contributed by atoms with E-state index in [1.165, 1.54) is 6.07 Å². The zero-order valence-corrected chi connectivity index (χ0v) is 13.1. The number of amides is 1. The molecule has 0 spiro atoms. The highest BCUT2D eigenvalue weighted by Crippen LogP contribution is 2.38. The number of hydrogen-bond donors (Lipinski definition) is 0. The van der Waals surface area contributed by atoms with Crippen LogP contribution >= 0.6 is 11.8 Å². The van der Waals surface area contributed by atoms with Crippen LogP contribution in [0.1, 0.15) is 10.9 Å². The van der Waals surface area contributed by atoms with Gasteiger partial charge in [0, 0.05) is 31.6 Å². The van der Waals surface area contributed by atoms with Gasteiger partial charge in [0.25, 0.3) is 0 Å². The summed E-state index contributed by atoms with van der Waals surface area (Å²) in [5, 5.41) is -0.0318. The Hall–Kier alpha value is -1.79. The third-order valence-corrected chi connectivity index (χ3v) is 4.89. The summed E-state index contributed by atoms with van der Waals surface area (Å²) in [6, 6.07) is 8.57. The molecule has 1 fully saturated rings. The molecule has 0 bridgehead atoms. The lowest BCUT2D eigenvalue weighted by atomic mass is 10.3. The summed E-state index contributed by atoms with van der Waals surface area (Å²) in [6.45, 7) is 1.08. The van der Waals surface area contributed by atoms with Crippen molar-refractivity contribution >= 4 is 17.7 Å². The average Bonchev–Trinajstić information content (AvgIpc) is 3.12. The minimum atomic E-state index is -0.268. The summed E-state index contributed by atoms with van der Waals surface area (Å²) in [5.74, 6) is 0.320. The first-order chi connectivity index (χ1) is 10.7. The van der Waals surface area contributed by atoms with Crippen LogP contribution in [-0.2, 0) is 9.53 Å². The summed E-state index contributed by atoms with van der Waals surface area (Å²) < 4.78 is 20.7. The van der Waals surface area contributed by atoms with Gasteiger partial charge in [-0.05, 0) is 18.2 Å². The Labute approximate surface area is 132 Å². The van der Waals surface area contributed by atoms with Gasteiger partial charge in [0.2, 0.25) is 5.91 Å². The third-order valence-electron chi connectivity index (χ3n) is 3.64. The Morgan fingerprint density at radius 2 is 2.18 bits per heavy atom. The van der Waals surface area contributed by atoms with E-state index in [1.54, 1.807) is 41.6 Å². The van der Waals surface area contributed by atoms with Crippen LogP contribution in [0.15, 0.2) is 42.7 Å². The van der Waals surface area contributed by atoms with Gasteiger partial charge in [-0.2, -0.15) is 0 Å². The summed E-state index contributed by atoms with van der Waals surface area (Å²) >= 11 is 1.59. The van der Waals surface area contributed by atoms with E-state index >= 15 is 0 Å². The van der Waals surface area contributed by atoms with Gasteiger partial charge in [0.05, 0.1) is 18.0 Å². The second kappa shape index (κ2) is 6.54. The topological polar surface area (TPSA) is 34.5 Å². The largest absolute Gasteiger partial charge is 0.383 e. The van der Waals surface area contributed by atoms with Gasteiger partial charge in [0.1, 0.15) is 11.2 Å². The van der Waals surface area contributed by atoms with E-state index in [9.17, 15) is 9.18 Å². The highest BCUT2D eigenvalue weighted by molar-refractivity contribution is 8.00. The molecule has 1 aromatic carbocycles. The molecule has 116 valence electrons. The first-order valence-corrected chi connectivity index (χ1v) is 8.08. The van der Waals surface area contributed by atoms with E-state index in [1.807, 2.05) is 23.4 Å². The van der Waals surface area contributed by atoms with Crippen molar-refractivity contribution in [3.8, 4) is 5.69 Å². The van der Waals surface area contributed by atoms with E-state index in [-0.39, 0.29) is 17.1 Å². The Balaban J connectivity index is 1.84. The maximum absolute atomic E-state index is 13.9. The lowest BCUT2D eigenvalue weighted by Crippen LogP contribution is -2.31. The molecule has 4 nitrogen and oxygen atoms in total. The van der Waals surface area contributed by atoms with Crippen LogP contribution < -0.4 is 0 Å². The lowest BCUT2D eigenvalue weighted by Gasteiger charge is -2.22. The van der Waals surface area contributed by atoms with E-state index in [2.05, 4.69) is 0 Å². The van der Waals surface area contributed by atoms with Crippen LogP contribution in [-0.4, -0.2) is 41.4 Å². The Bertz CT molecular complexity index is 674. The standard InChI is InChI=1S/C16H17FN2O2S/c1-21-9-8-19-15(20)11-22-16(19)12-6-7-18(10-12)14-5-3-2-4-13(14)17/h2-7,10,16H,8-9,11H2,1H3/t16-/m1/s1. The van der Waals surface area contributed by atoms with Crippen molar-refractivity contribution in [2.75, 3.05) is 26.0 Å². The van der Waals surface area contributed by atoms with Crippen molar-refractivity contribution in [3.63, 3.8) is 0 Å². The fourth-order valence-corrected chi connectivity index (χ4v) is 3.73. The van der Waals surface area contributed by atoms with Crippen LogP contribution in [0.3, 0.4) is 0 Å². The molecule has 22 heavy (non-hydrogen) atoms. The zero-order chi connectivity index (χ0) is 15.5. The second-order valence-corrected chi connectivity index (χ2v) is 6.12.